The Morgan fingerprint density at radius 3 is 2.47 bits per heavy atom. The van der Waals surface area contributed by atoms with Crippen LogP contribution in [-0.4, -0.2) is 30.5 Å². The Kier molecular flexibility index (Phi) is 6.87. The lowest BCUT2D eigenvalue weighted by molar-refractivity contribution is -0.117. The van der Waals surface area contributed by atoms with E-state index in [9.17, 15) is 14.7 Å². The van der Waals surface area contributed by atoms with Gasteiger partial charge in [-0.2, -0.15) is 0 Å². The highest BCUT2D eigenvalue weighted by atomic mass is 35.5. The van der Waals surface area contributed by atoms with Crippen LogP contribution in [0.5, 0.6) is 11.5 Å². The van der Waals surface area contributed by atoms with E-state index in [0.717, 1.165) is 12.0 Å². The Bertz CT molecular complexity index is 1570. The van der Waals surface area contributed by atoms with E-state index in [1.807, 2.05) is 26.0 Å². The van der Waals surface area contributed by atoms with Gasteiger partial charge in [0.15, 0.2) is 23.0 Å². The molecule has 0 saturated carbocycles. The summed E-state index contributed by atoms with van der Waals surface area (Å²) >= 11 is 6.10. The second kappa shape index (κ2) is 10.3. The van der Waals surface area contributed by atoms with Crippen LogP contribution >= 0.6 is 11.6 Å². The van der Waals surface area contributed by atoms with Crippen molar-refractivity contribution in [2.24, 2.45) is 0 Å². The van der Waals surface area contributed by atoms with E-state index in [2.05, 4.69) is 0 Å². The number of furan rings is 1. The van der Waals surface area contributed by atoms with Crippen LogP contribution in [0.15, 0.2) is 82.5 Å². The van der Waals surface area contributed by atoms with Crippen molar-refractivity contribution >= 4 is 39.9 Å². The summed E-state index contributed by atoms with van der Waals surface area (Å²) in [6.07, 6.45) is 0.831. The molecule has 1 N–H and O–H groups in total. The van der Waals surface area contributed by atoms with Gasteiger partial charge in [0.1, 0.15) is 5.58 Å². The van der Waals surface area contributed by atoms with Crippen molar-refractivity contribution in [1.82, 2.24) is 0 Å². The summed E-state index contributed by atoms with van der Waals surface area (Å²) in [7, 11) is 1.53. The van der Waals surface area contributed by atoms with E-state index in [1.54, 1.807) is 54.6 Å². The molecule has 1 aliphatic heterocycles. The van der Waals surface area contributed by atoms with Crippen molar-refractivity contribution in [3.8, 4) is 11.5 Å². The van der Waals surface area contributed by atoms with Crippen LogP contribution in [0.1, 0.15) is 41.6 Å². The number of aliphatic hydroxyl groups excluding tert-OH is 1. The van der Waals surface area contributed by atoms with E-state index < -0.39 is 23.5 Å². The van der Waals surface area contributed by atoms with Crippen LogP contribution in [0.4, 0.5) is 5.69 Å². The fourth-order valence-corrected chi connectivity index (χ4v) is 4.88. The van der Waals surface area contributed by atoms with Gasteiger partial charge in [-0.25, -0.2) is 0 Å². The maximum absolute atomic E-state index is 13.9. The number of amides is 1. The van der Waals surface area contributed by atoms with E-state index >= 15 is 0 Å². The van der Waals surface area contributed by atoms with Gasteiger partial charge in [0.2, 0.25) is 5.78 Å². The number of anilines is 1. The number of ether oxygens (including phenoxy) is 2. The van der Waals surface area contributed by atoms with Crippen molar-refractivity contribution in [2.75, 3.05) is 18.6 Å². The maximum atomic E-state index is 13.9. The highest BCUT2D eigenvalue weighted by Crippen LogP contribution is 2.44. The topological polar surface area (TPSA) is 89.2 Å². The van der Waals surface area contributed by atoms with Gasteiger partial charge in [-0.1, -0.05) is 36.7 Å². The number of carbonyl (C=O) groups is 2. The quantitative estimate of drug-likeness (QED) is 0.250. The number of aryl methyl sites for hydroxylation is 1. The number of Topliss-reactive ketones (excluding diaryl/α,β-unsaturated/α-hetero) is 1. The number of ketones is 1. The molecule has 3 aromatic carbocycles. The molecule has 2 heterocycles. The molecule has 0 fully saturated rings. The number of fused-ring (bicyclic) bond motifs is 1. The number of hydrogen-bond acceptors (Lipinski definition) is 6. The number of methoxy groups -OCH3 is 1. The number of carbonyl (C=O) groups excluding carboxylic acids is 2. The molecule has 1 unspecified atom stereocenters. The van der Waals surface area contributed by atoms with Crippen LogP contribution < -0.4 is 14.4 Å². The number of nitrogens with zero attached hydrogens (tertiary/aromatic N) is 1. The zero-order valence-corrected chi connectivity index (χ0v) is 21.9. The number of benzene rings is 3. The molecule has 0 spiro atoms. The molecule has 0 radical (unpaired) electrons. The summed E-state index contributed by atoms with van der Waals surface area (Å²) in [6, 6.07) is 18.3. The third kappa shape index (κ3) is 4.39. The Labute approximate surface area is 224 Å². The molecule has 38 heavy (non-hydrogen) atoms. The second-order valence-corrected chi connectivity index (χ2v) is 9.26. The molecule has 1 atom stereocenters. The summed E-state index contributed by atoms with van der Waals surface area (Å²) < 4.78 is 17.0. The van der Waals surface area contributed by atoms with Crippen molar-refractivity contribution in [2.45, 2.75) is 26.3 Å². The predicted octanol–water partition coefficient (Wildman–Crippen LogP) is 6.84. The van der Waals surface area contributed by atoms with Gasteiger partial charge in [0.25, 0.3) is 5.91 Å². The second-order valence-electron chi connectivity index (χ2n) is 8.83. The van der Waals surface area contributed by atoms with Crippen LogP contribution in [0, 0.1) is 0 Å². The monoisotopic (exact) mass is 531 g/mol. The largest absolute Gasteiger partial charge is 0.503 e. The minimum Gasteiger partial charge on any atom is -0.503 e. The lowest BCUT2D eigenvalue weighted by Crippen LogP contribution is -2.31. The Hall–Kier alpha value is -4.23. The summed E-state index contributed by atoms with van der Waals surface area (Å²) in [4.78, 5) is 28.8. The standard InChI is InChI=1S/C30H26ClNO6/c1-4-17-6-10-21(11-7-17)32-27(18-8-12-23(36-3)24(15-18)37-5-2)26(29(34)30(32)35)28(33)25-16-19-14-20(31)9-13-22(19)38-25/h6-16,27,34H,4-5H2,1-3H3. The maximum Gasteiger partial charge on any atom is 0.294 e. The normalized spacial score (nSPS) is 15.4. The zero-order valence-electron chi connectivity index (χ0n) is 21.2. The van der Waals surface area contributed by atoms with E-state index in [-0.39, 0.29) is 11.3 Å². The molecule has 0 saturated heterocycles. The predicted molar refractivity (Wildman–Crippen MR) is 145 cm³/mol. The average Bonchev–Trinajstić information content (AvgIpc) is 3.46. The van der Waals surface area contributed by atoms with Gasteiger partial charge < -0.3 is 19.0 Å². The van der Waals surface area contributed by atoms with Gasteiger partial charge in [-0.15, -0.1) is 0 Å². The molecule has 1 amide bonds. The highest BCUT2D eigenvalue weighted by molar-refractivity contribution is 6.31. The first-order chi connectivity index (χ1) is 18.4. The molecule has 194 valence electrons. The minimum atomic E-state index is -0.940. The summed E-state index contributed by atoms with van der Waals surface area (Å²) in [5.74, 6) is -0.966. The molecular weight excluding hydrogens is 506 g/mol. The molecule has 0 aliphatic carbocycles. The number of hydrogen-bond donors (Lipinski definition) is 1. The molecule has 5 rings (SSSR count). The zero-order chi connectivity index (χ0) is 27.0. The fourth-order valence-electron chi connectivity index (χ4n) is 4.70. The van der Waals surface area contributed by atoms with Gasteiger partial charge in [0.05, 0.1) is 25.3 Å². The first-order valence-electron chi connectivity index (χ1n) is 12.3. The summed E-state index contributed by atoms with van der Waals surface area (Å²) in [6.45, 7) is 4.28. The average molecular weight is 532 g/mol. The Morgan fingerprint density at radius 2 is 1.79 bits per heavy atom. The lowest BCUT2D eigenvalue weighted by atomic mass is 9.94. The summed E-state index contributed by atoms with van der Waals surface area (Å²) in [5.41, 5.74) is 2.57. The molecule has 1 aliphatic rings. The molecule has 8 heteroatoms. The minimum absolute atomic E-state index is 0.0108. The molecule has 0 bridgehead atoms. The van der Waals surface area contributed by atoms with Crippen molar-refractivity contribution < 1.29 is 28.6 Å². The fraction of sp³-hybridized carbons (Fsp3) is 0.200. The van der Waals surface area contributed by atoms with Crippen LogP contribution in [0.25, 0.3) is 11.0 Å². The van der Waals surface area contributed by atoms with Crippen LogP contribution in [-0.2, 0) is 11.2 Å². The lowest BCUT2D eigenvalue weighted by Gasteiger charge is -2.27. The first-order valence-corrected chi connectivity index (χ1v) is 12.6. The number of halogens is 1. The van der Waals surface area contributed by atoms with Crippen molar-refractivity contribution in [1.29, 1.82) is 0 Å². The van der Waals surface area contributed by atoms with E-state index in [1.165, 1.54) is 12.0 Å². The highest BCUT2D eigenvalue weighted by Gasteiger charge is 2.45. The molecular formula is C30H26ClNO6. The summed E-state index contributed by atoms with van der Waals surface area (Å²) in [5, 5.41) is 12.2. The van der Waals surface area contributed by atoms with Gasteiger partial charge in [0, 0.05) is 16.1 Å². The Balaban J connectivity index is 1.66. The first kappa shape index (κ1) is 25.4. The van der Waals surface area contributed by atoms with E-state index in [0.29, 0.717) is 45.3 Å². The Morgan fingerprint density at radius 1 is 1.03 bits per heavy atom. The van der Waals surface area contributed by atoms with Crippen LogP contribution in [0.2, 0.25) is 5.02 Å². The smallest absolute Gasteiger partial charge is 0.294 e. The van der Waals surface area contributed by atoms with Crippen LogP contribution in [0.3, 0.4) is 0 Å². The third-order valence-electron chi connectivity index (χ3n) is 6.58. The molecule has 7 nitrogen and oxygen atoms in total. The van der Waals surface area contributed by atoms with Gasteiger partial charge in [-0.3, -0.25) is 14.5 Å². The van der Waals surface area contributed by atoms with Crippen molar-refractivity contribution in [3.05, 3.63) is 100.0 Å². The van der Waals surface area contributed by atoms with Gasteiger partial charge in [-0.05, 0) is 73.0 Å². The SMILES string of the molecule is CCOc1cc(C2C(C(=O)c3cc4cc(Cl)ccc4o3)=C(O)C(=O)N2c2ccc(CC)cc2)ccc1OC. The third-order valence-corrected chi connectivity index (χ3v) is 6.82. The number of rotatable bonds is 8. The van der Waals surface area contributed by atoms with E-state index in [4.69, 9.17) is 25.5 Å². The number of aliphatic hydroxyl groups is 1. The van der Waals surface area contributed by atoms with Gasteiger partial charge >= 0.3 is 0 Å². The molecule has 4 aromatic rings. The van der Waals surface area contributed by atoms with Crippen molar-refractivity contribution in [3.63, 3.8) is 0 Å². The molecule has 1 aromatic heterocycles.